The Morgan fingerprint density at radius 3 is 2.48 bits per heavy atom. The largest absolute Gasteiger partial charge is 0.378 e. The van der Waals surface area contributed by atoms with E-state index in [1.54, 1.807) is 0 Å². The maximum atomic E-state index is 12.1. The second-order valence-corrected chi connectivity index (χ2v) is 7.17. The summed E-state index contributed by atoms with van der Waals surface area (Å²) in [5, 5.41) is 3.07. The number of morpholine rings is 1. The molecule has 138 valence electrons. The summed E-state index contributed by atoms with van der Waals surface area (Å²) in [6, 6.07) is 13.3. The Morgan fingerprint density at radius 1 is 1.04 bits per heavy atom. The van der Waals surface area contributed by atoms with Gasteiger partial charge in [0.2, 0.25) is 10.9 Å². The van der Waals surface area contributed by atoms with Crippen LogP contribution in [-0.4, -0.2) is 31.3 Å². The van der Waals surface area contributed by atoms with Gasteiger partial charge >= 0.3 is 0 Å². The molecule has 0 radical (unpaired) electrons. The third-order valence-corrected chi connectivity index (χ3v) is 5.10. The van der Waals surface area contributed by atoms with Crippen LogP contribution >= 0.6 is 15.9 Å². The highest BCUT2D eigenvalue weighted by molar-refractivity contribution is 9.10. The van der Waals surface area contributed by atoms with Crippen LogP contribution in [0.2, 0.25) is 0 Å². The average molecular weight is 428 g/mol. The zero-order valence-corrected chi connectivity index (χ0v) is 16.2. The van der Waals surface area contributed by atoms with E-state index >= 15 is 0 Å². The van der Waals surface area contributed by atoms with Crippen LogP contribution < -0.4 is 21.1 Å². The van der Waals surface area contributed by atoms with Gasteiger partial charge in [0.1, 0.15) is 4.60 Å². The zero-order chi connectivity index (χ0) is 18.8. The maximum absolute atomic E-state index is 12.1. The minimum Gasteiger partial charge on any atom is -0.378 e. The SMILES string of the molecule is O=c1c(NCc2cccc(Br)n2)c(-c2ccc(N3CCOCC3)cc2)c1=O. The number of pyridine rings is 1. The van der Waals surface area contributed by atoms with E-state index in [4.69, 9.17) is 4.74 Å². The van der Waals surface area contributed by atoms with Crippen LogP contribution in [0.1, 0.15) is 5.69 Å². The van der Waals surface area contributed by atoms with Crippen LogP contribution in [0.4, 0.5) is 11.4 Å². The van der Waals surface area contributed by atoms with Crippen molar-refractivity contribution in [1.29, 1.82) is 0 Å². The lowest BCUT2D eigenvalue weighted by molar-refractivity contribution is 0.122. The van der Waals surface area contributed by atoms with E-state index in [2.05, 4.69) is 31.1 Å². The van der Waals surface area contributed by atoms with Gasteiger partial charge in [-0.1, -0.05) is 18.2 Å². The van der Waals surface area contributed by atoms with E-state index in [-0.39, 0.29) is 0 Å². The van der Waals surface area contributed by atoms with E-state index < -0.39 is 10.9 Å². The van der Waals surface area contributed by atoms with Crippen LogP contribution in [0.3, 0.4) is 0 Å². The Hall–Kier alpha value is -2.51. The first-order valence-corrected chi connectivity index (χ1v) is 9.54. The lowest BCUT2D eigenvalue weighted by Gasteiger charge is -2.29. The molecule has 1 fully saturated rings. The van der Waals surface area contributed by atoms with Crippen LogP contribution in [0.15, 0.2) is 56.7 Å². The molecule has 7 heteroatoms. The number of anilines is 2. The molecule has 0 spiro atoms. The van der Waals surface area contributed by atoms with Crippen molar-refractivity contribution < 1.29 is 4.74 Å². The van der Waals surface area contributed by atoms with E-state index in [0.717, 1.165) is 47.9 Å². The van der Waals surface area contributed by atoms with Gasteiger partial charge in [0.05, 0.1) is 36.7 Å². The lowest BCUT2D eigenvalue weighted by atomic mass is 9.98. The summed E-state index contributed by atoms with van der Waals surface area (Å²) in [5.41, 5.74) is 2.52. The third-order valence-electron chi connectivity index (χ3n) is 4.66. The monoisotopic (exact) mass is 427 g/mol. The first-order chi connectivity index (χ1) is 13.1. The Balaban J connectivity index is 1.53. The molecule has 6 nitrogen and oxygen atoms in total. The van der Waals surface area contributed by atoms with Crippen molar-refractivity contribution in [2.75, 3.05) is 36.5 Å². The topological polar surface area (TPSA) is 71.5 Å². The maximum Gasteiger partial charge on any atom is 0.250 e. The molecule has 0 saturated carbocycles. The average Bonchev–Trinajstić information content (AvgIpc) is 2.71. The third kappa shape index (κ3) is 3.65. The van der Waals surface area contributed by atoms with Crippen molar-refractivity contribution in [2.24, 2.45) is 0 Å². The molecule has 1 N–H and O–H groups in total. The Labute approximate surface area is 164 Å². The van der Waals surface area contributed by atoms with Crippen LogP contribution in [-0.2, 0) is 11.3 Å². The fourth-order valence-corrected chi connectivity index (χ4v) is 3.60. The highest BCUT2D eigenvalue weighted by Gasteiger charge is 2.22. The van der Waals surface area contributed by atoms with Crippen molar-refractivity contribution >= 4 is 27.3 Å². The Morgan fingerprint density at radius 2 is 1.78 bits per heavy atom. The van der Waals surface area contributed by atoms with Crippen LogP contribution in [0.25, 0.3) is 11.1 Å². The predicted molar refractivity (Wildman–Crippen MR) is 109 cm³/mol. The van der Waals surface area contributed by atoms with Gasteiger partial charge in [0.15, 0.2) is 0 Å². The number of hydrogen-bond acceptors (Lipinski definition) is 6. The Kier molecular flexibility index (Phi) is 5.05. The van der Waals surface area contributed by atoms with E-state index in [1.807, 2.05) is 42.5 Å². The van der Waals surface area contributed by atoms with Gasteiger partial charge in [-0.15, -0.1) is 0 Å². The summed E-state index contributed by atoms with van der Waals surface area (Å²) in [5.74, 6) is 0. The number of nitrogens with zero attached hydrogens (tertiary/aromatic N) is 2. The standard InChI is InChI=1S/C20H18BrN3O3/c21-16-3-1-2-14(23-16)12-22-18-17(19(25)20(18)26)13-4-6-15(7-5-13)24-8-10-27-11-9-24/h1-7,22H,8-12H2. The summed E-state index contributed by atoms with van der Waals surface area (Å²) in [4.78, 5) is 30.7. The van der Waals surface area contributed by atoms with Crippen molar-refractivity contribution in [3.05, 3.63) is 73.2 Å². The van der Waals surface area contributed by atoms with Gasteiger partial charge in [-0.3, -0.25) is 9.59 Å². The van der Waals surface area contributed by atoms with E-state index in [0.29, 0.717) is 17.8 Å². The molecule has 1 aliphatic heterocycles. The van der Waals surface area contributed by atoms with Crippen LogP contribution in [0.5, 0.6) is 0 Å². The molecular formula is C20H18BrN3O3. The molecule has 3 aromatic rings. The molecule has 0 atom stereocenters. The number of ether oxygens (including phenoxy) is 1. The summed E-state index contributed by atoms with van der Waals surface area (Å²) in [7, 11) is 0. The van der Waals surface area contributed by atoms with Gasteiger partial charge in [-0.05, 0) is 45.8 Å². The minimum absolute atomic E-state index is 0.362. The first kappa shape index (κ1) is 17.9. The quantitative estimate of drug-likeness (QED) is 0.498. The summed E-state index contributed by atoms with van der Waals surface area (Å²) < 4.78 is 6.10. The Bertz CT molecular complexity index is 1020. The lowest BCUT2D eigenvalue weighted by Crippen LogP contribution is -2.36. The molecule has 1 aromatic heterocycles. The number of halogens is 1. The second-order valence-electron chi connectivity index (χ2n) is 6.36. The summed E-state index contributed by atoms with van der Waals surface area (Å²) >= 11 is 3.33. The van der Waals surface area contributed by atoms with Gasteiger partial charge in [-0.2, -0.15) is 0 Å². The molecule has 0 aliphatic carbocycles. The number of rotatable bonds is 5. The van der Waals surface area contributed by atoms with Crippen molar-refractivity contribution in [3.63, 3.8) is 0 Å². The number of nitrogens with one attached hydrogen (secondary N) is 1. The molecule has 0 unspecified atom stereocenters. The van der Waals surface area contributed by atoms with Gasteiger partial charge in [0, 0.05) is 18.8 Å². The van der Waals surface area contributed by atoms with Gasteiger partial charge in [-0.25, -0.2) is 4.98 Å². The van der Waals surface area contributed by atoms with Crippen LogP contribution in [0, 0.1) is 0 Å². The number of aromatic nitrogens is 1. The zero-order valence-electron chi connectivity index (χ0n) is 14.6. The number of benzene rings is 1. The molecule has 1 aliphatic rings. The molecule has 27 heavy (non-hydrogen) atoms. The van der Waals surface area contributed by atoms with E-state index in [9.17, 15) is 9.59 Å². The molecule has 2 aromatic carbocycles. The molecule has 1 saturated heterocycles. The summed E-state index contributed by atoms with van der Waals surface area (Å²) in [6.45, 7) is 3.52. The fourth-order valence-electron chi connectivity index (χ4n) is 3.22. The normalized spacial score (nSPS) is 14.5. The van der Waals surface area contributed by atoms with E-state index in [1.165, 1.54) is 0 Å². The minimum atomic E-state index is -0.475. The highest BCUT2D eigenvalue weighted by Crippen LogP contribution is 2.27. The second kappa shape index (κ2) is 7.62. The highest BCUT2D eigenvalue weighted by atomic mass is 79.9. The predicted octanol–water partition coefficient (Wildman–Crippen LogP) is 2.56. The molecule has 4 rings (SSSR count). The smallest absolute Gasteiger partial charge is 0.250 e. The molecular weight excluding hydrogens is 410 g/mol. The van der Waals surface area contributed by atoms with Crippen molar-refractivity contribution in [2.45, 2.75) is 6.54 Å². The summed E-state index contributed by atoms with van der Waals surface area (Å²) in [6.07, 6.45) is 0. The fraction of sp³-hybridized carbons (Fsp3) is 0.250. The van der Waals surface area contributed by atoms with Gasteiger partial charge < -0.3 is 15.0 Å². The first-order valence-electron chi connectivity index (χ1n) is 8.75. The molecule has 0 bridgehead atoms. The molecule has 2 heterocycles. The van der Waals surface area contributed by atoms with Crippen molar-refractivity contribution in [1.82, 2.24) is 4.98 Å². The van der Waals surface area contributed by atoms with Gasteiger partial charge in [0.25, 0.3) is 0 Å². The number of hydrogen-bond donors (Lipinski definition) is 1. The molecule has 0 amide bonds. The van der Waals surface area contributed by atoms with Crippen molar-refractivity contribution in [3.8, 4) is 11.1 Å².